The van der Waals surface area contributed by atoms with Gasteiger partial charge in [-0.3, -0.25) is 0 Å². The van der Waals surface area contributed by atoms with E-state index in [-0.39, 0.29) is 52.9 Å². The highest BCUT2D eigenvalue weighted by Gasteiger charge is 2.26. The maximum absolute atomic E-state index is 10.1. The Labute approximate surface area is 626 Å². The second kappa shape index (κ2) is 29.7. The molecule has 0 fully saturated rings. The fourth-order valence-electron chi connectivity index (χ4n) is 15.6. The molecule has 0 saturated carbocycles. The molecule has 0 spiro atoms. The summed E-state index contributed by atoms with van der Waals surface area (Å²) in [6.07, 6.45) is 0. The number of fused-ring (bicyclic) bond motifs is 8. The van der Waals surface area contributed by atoms with Crippen molar-refractivity contribution in [3.63, 3.8) is 0 Å². The van der Waals surface area contributed by atoms with E-state index in [0.717, 1.165) is 164 Å². The summed E-state index contributed by atoms with van der Waals surface area (Å²) < 4.78 is 41.7. The van der Waals surface area contributed by atoms with Crippen LogP contribution in [0.25, 0.3) is 164 Å². The van der Waals surface area contributed by atoms with Crippen LogP contribution in [0.15, 0.2) is 340 Å². The van der Waals surface area contributed by atoms with Crippen LogP contribution in [0.1, 0.15) is 0 Å². The van der Waals surface area contributed by atoms with Gasteiger partial charge >= 0.3 is 0 Å². The molecule has 8 heteroatoms. The molecule has 0 atom stereocenters. The summed E-state index contributed by atoms with van der Waals surface area (Å²) >= 11 is 0. The number of benzene rings is 18. The molecular formula is C100H74O8. The SMILES string of the molecule is OCCOc1ccc2ccccc2c1-c1c(OCCOc2c(-c3ccc4ccccc4c3)cc(-c3cc(-c4ccc5ccccc5c4)c(OCCOc4ccc5ccccc5c4-c4c(OCCO)ccc5ccccc45)c(-c4ccc5ccccc5c4)c3)cc2-c2ccc3ccccc3c2)ccc2ccccc12. The van der Waals surface area contributed by atoms with Crippen LogP contribution in [0, 0.1) is 0 Å². The van der Waals surface area contributed by atoms with E-state index >= 15 is 0 Å². The minimum Gasteiger partial charge on any atom is -0.491 e. The molecule has 0 aliphatic rings. The van der Waals surface area contributed by atoms with Crippen LogP contribution in [0.4, 0.5) is 0 Å². The van der Waals surface area contributed by atoms with Crippen molar-refractivity contribution in [2.75, 3.05) is 52.9 Å². The van der Waals surface area contributed by atoms with Crippen LogP contribution < -0.4 is 28.4 Å². The first-order valence-electron chi connectivity index (χ1n) is 36.9. The van der Waals surface area contributed by atoms with Gasteiger partial charge in [0.15, 0.2) is 0 Å². The molecule has 8 nitrogen and oxygen atoms in total. The third kappa shape index (κ3) is 13.0. The Morgan fingerprint density at radius 3 is 0.648 bits per heavy atom. The highest BCUT2D eigenvalue weighted by atomic mass is 16.5. The second-order valence-electron chi connectivity index (χ2n) is 27.2. The van der Waals surface area contributed by atoms with Gasteiger partial charge in [0.1, 0.15) is 74.1 Å². The highest BCUT2D eigenvalue weighted by Crippen LogP contribution is 2.51. The lowest BCUT2D eigenvalue weighted by Crippen LogP contribution is -2.11. The van der Waals surface area contributed by atoms with Gasteiger partial charge in [-0.15, -0.1) is 0 Å². The Hall–Kier alpha value is -13.2. The molecule has 522 valence electrons. The van der Waals surface area contributed by atoms with Crippen LogP contribution in [0.5, 0.6) is 34.5 Å². The van der Waals surface area contributed by atoms with E-state index in [0.29, 0.717) is 34.5 Å². The van der Waals surface area contributed by atoms with Crippen LogP contribution in [-0.4, -0.2) is 63.1 Å². The maximum atomic E-state index is 10.1. The van der Waals surface area contributed by atoms with Gasteiger partial charge in [0.2, 0.25) is 0 Å². The number of aliphatic hydroxyl groups is 2. The van der Waals surface area contributed by atoms with Crippen LogP contribution >= 0.6 is 0 Å². The predicted octanol–water partition coefficient (Wildman–Crippen LogP) is 24.2. The fourth-order valence-corrected chi connectivity index (χ4v) is 15.6. The number of rotatable bonds is 23. The summed E-state index contributed by atoms with van der Waals surface area (Å²) in [4.78, 5) is 0. The summed E-state index contributed by atoms with van der Waals surface area (Å²) in [5.41, 5.74) is 13.2. The average molecular weight is 1400 g/mol. The van der Waals surface area contributed by atoms with E-state index in [1.54, 1.807) is 0 Å². The first-order valence-corrected chi connectivity index (χ1v) is 36.9. The lowest BCUT2D eigenvalue weighted by Gasteiger charge is -2.23. The molecule has 0 saturated heterocycles. The minimum absolute atomic E-state index is 0.126. The predicted molar refractivity (Wildman–Crippen MR) is 445 cm³/mol. The zero-order valence-corrected chi connectivity index (χ0v) is 59.3. The first kappa shape index (κ1) is 66.7. The lowest BCUT2D eigenvalue weighted by molar-refractivity contribution is 0.202. The van der Waals surface area contributed by atoms with Crippen molar-refractivity contribution in [2.45, 2.75) is 0 Å². The molecule has 2 N–H and O–H groups in total. The smallest absolute Gasteiger partial charge is 0.135 e. The van der Waals surface area contributed by atoms with Crippen molar-refractivity contribution in [2.24, 2.45) is 0 Å². The minimum atomic E-state index is -0.126. The molecule has 0 aliphatic carbocycles. The van der Waals surface area contributed by atoms with E-state index in [9.17, 15) is 10.2 Å². The van der Waals surface area contributed by atoms with Gasteiger partial charge in [0, 0.05) is 44.5 Å². The fraction of sp³-hybridized carbons (Fsp3) is 0.0800. The molecule has 0 radical (unpaired) electrons. The van der Waals surface area contributed by atoms with Gasteiger partial charge in [0.05, 0.1) is 13.2 Å². The molecule has 0 unspecified atom stereocenters. The van der Waals surface area contributed by atoms with E-state index in [1.807, 2.05) is 36.4 Å². The number of ether oxygens (including phenoxy) is 6. The molecule has 0 amide bonds. The van der Waals surface area contributed by atoms with E-state index in [2.05, 4.69) is 303 Å². The molecule has 18 aromatic carbocycles. The molecular weight excluding hydrogens is 1330 g/mol. The topological polar surface area (TPSA) is 95.8 Å². The van der Waals surface area contributed by atoms with E-state index in [1.165, 1.54) is 0 Å². The Balaban J connectivity index is 0.793. The average Bonchev–Trinajstić information content (AvgIpc) is 0.762. The third-order valence-electron chi connectivity index (χ3n) is 20.7. The molecule has 0 heterocycles. The van der Waals surface area contributed by atoms with Crippen LogP contribution in [0.3, 0.4) is 0 Å². The number of hydrogen-bond donors (Lipinski definition) is 2. The molecule has 0 aliphatic heterocycles. The van der Waals surface area contributed by atoms with Crippen molar-refractivity contribution in [1.82, 2.24) is 0 Å². The Morgan fingerprint density at radius 1 is 0.176 bits per heavy atom. The lowest BCUT2D eigenvalue weighted by atomic mass is 9.87. The van der Waals surface area contributed by atoms with Gasteiger partial charge in [-0.25, -0.2) is 0 Å². The van der Waals surface area contributed by atoms with Crippen molar-refractivity contribution in [3.05, 3.63) is 340 Å². The quantitative estimate of drug-likeness (QED) is 0.0612. The number of aliphatic hydroxyl groups excluding tert-OH is 2. The Kier molecular flexibility index (Phi) is 18.4. The zero-order valence-electron chi connectivity index (χ0n) is 59.3. The molecule has 108 heavy (non-hydrogen) atoms. The van der Waals surface area contributed by atoms with Crippen molar-refractivity contribution in [3.8, 4) is 112 Å². The summed E-state index contributed by atoms with van der Waals surface area (Å²) in [6, 6.07) is 120. The van der Waals surface area contributed by atoms with Gasteiger partial charge < -0.3 is 38.6 Å². The largest absolute Gasteiger partial charge is 0.491 e. The summed E-state index contributed by atoms with van der Waals surface area (Å²) in [7, 11) is 0. The van der Waals surface area contributed by atoms with Gasteiger partial charge in [0.25, 0.3) is 0 Å². The monoisotopic (exact) mass is 1400 g/mol. The van der Waals surface area contributed by atoms with E-state index in [4.69, 9.17) is 28.4 Å². The third-order valence-corrected chi connectivity index (χ3v) is 20.7. The molecule has 18 aromatic rings. The second-order valence-corrected chi connectivity index (χ2v) is 27.2. The zero-order chi connectivity index (χ0) is 72.3. The van der Waals surface area contributed by atoms with Crippen LogP contribution in [-0.2, 0) is 0 Å². The van der Waals surface area contributed by atoms with Gasteiger partial charge in [-0.1, -0.05) is 267 Å². The number of hydrogen-bond acceptors (Lipinski definition) is 8. The molecule has 18 rings (SSSR count). The normalized spacial score (nSPS) is 11.5. The standard InChI is InChI=1S/C100H74O8/c101-49-51-103-91-45-41-69-21-9-13-29-83(69)95(91)97-85-31-15-11-23-71(85)43-47-93(97)105-53-55-107-99-87(77-37-33-65-17-1-5-25-73(65)57-77)61-81(62-88(99)78-38-34-66-18-2-6-26-74(66)58-78)82-63-89(79-39-35-67-19-3-7-27-75(67)59-79)100(90(64-82)80-40-36-68-20-4-8-28-76(68)60-80)108-56-54-106-94-48-44-72-24-12-16-32-86(72)98(94)96-84-30-14-10-22-70(84)42-46-92(96)104-52-50-102/h1-48,57-64,101-102H,49-56H2. The summed E-state index contributed by atoms with van der Waals surface area (Å²) in [6.45, 7) is 0.805. The molecule has 0 aromatic heterocycles. The van der Waals surface area contributed by atoms with Crippen molar-refractivity contribution < 1.29 is 38.6 Å². The van der Waals surface area contributed by atoms with Gasteiger partial charge in [-0.2, -0.15) is 0 Å². The maximum Gasteiger partial charge on any atom is 0.135 e. The first-order chi connectivity index (χ1) is 53.5. The van der Waals surface area contributed by atoms with Gasteiger partial charge in [-0.05, 0) is 192 Å². The highest BCUT2D eigenvalue weighted by molar-refractivity contribution is 6.12. The van der Waals surface area contributed by atoms with Crippen molar-refractivity contribution in [1.29, 1.82) is 0 Å². The van der Waals surface area contributed by atoms with Crippen molar-refractivity contribution >= 4 is 86.2 Å². The summed E-state index contributed by atoms with van der Waals surface area (Å²) in [5, 5.41) is 37.4. The van der Waals surface area contributed by atoms with E-state index < -0.39 is 0 Å². The molecule has 0 bridgehead atoms. The Bertz CT molecular complexity index is 5860. The summed E-state index contributed by atoms with van der Waals surface area (Å²) in [5.74, 6) is 4.12. The Morgan fingerprint density at radius 2 is 0.389 bits per heavy atom. The van der Waals surface area contributed by atoms with Crippen LogP contribution in [0.2, 0.25) is 0 Å².